The van der Waals surface area contributed by atoms with Gasteiger partial charge in [0.05, 0.1) is 17.7 Å². The van der Waals surface area contributed by atoms with Crippen molar-refractivity contribution in [1.82, 2.24) is 10.3 Å². The summed E-state index contributed by atoms with van der Waals surface area (Å²) in [5, 5.41) is 13.1. The number of aromatic nitrogens is 1. The number of hydrogen-bond acceptors (Lipinski definition) is 3. The highest BCUT2D eigenvalue weighted by atomic mass is 16.3. The Balaban J connectivity index is 1.82. The lowest BCUT2D eigenvalue weighted by molar-refractivity contribution is 0.0936. The molecule has 0 atom stereocenters. The van der Waals surface area contributed by atoms with Crippen LogP contribution in [0, 0.1) is 5.41 Å². The molecule has 1 saturated carbocycles. The van der Waals surface area contributed by atoms with Crippen LogP contribution in [0.15, 0.2) is 36.5 Å². The Morgan fingerprint density at radius 1 is 1.32 bits per heavy atom. The number of nitrogens with one attached hydrogen (secondary N) is 1. The van der Waals surface area contributed by atoms with Gasteiger partial charge in [-0.3, -0.25) is 9.78 Å². The predicted molar refractivity (Wildman–Crippen MR) is 72.8 cm³/mol. The zero-order valence-corrected chi connectivity index (χ0v) is 10.6. The summed E-state index contributed by atoms with van der Waals surface area (Å²) in [6.07, 6.45) is 3.66. The molecule has 0 radical (unpaired) electrons. The van der Waals surface area contributed by atoms with Crippen LogP contribution in [0.4, 0.5) is 0 Å². The van der Waals surface area contributed by atoms with Gasteiger partial charge >= 0.3 is 0 Å². The monoisotopic (exact) mass is 256 g/mol. The molecule has 1 amide bonds. The Bertz CT molecular complexity index is 615. The first-order valence-corrected chi connectivity index (χ1v) is 6.47. The van der Waals surface area contributed by atoms with Crippen LogP contribution in [0.2, 0.25) is 0 Å². The van der Waals surface area contributed by atoms with Gasteiger partial charge in [0, 0.05) is 23.5 Å². The molecule has 0 unspecified atom stereocenters. The molecule has 4 heteroatoms. The fourth-order valence-corrected chi connectivity index (χ4v) is 2.22. The molecule has 0 saturated heterocycles. The van der Waals surface area contributed by atoms with Crippen LogP contribution in [0.5, 0.6) is 0 Å². The van der Waals surface area contributed by atoms with E-state index < -0.39 is 0 Å². The van der Waals surface area contributed by atoms with Crippen molar-refractivity contribution in [2.24, 2.45) is 5.41 Å². The fraction of sp³-hybridized carbons (Fsp3) is 0.333. The first-order chi connectivity index (χ1) is 9.24. The minimum absolute atomic E-state index is 0.0757. The van der Waals surface area contributed by atoms with Gasteiger partial charge in [-0.2, -0.15) is 0 Å². The summed E-state index contributed by atoms with van der Waals surface area (Å²) in [5.74, 6) is -0.121. The molecule has 0 spiro atoms. The van der Waals surface area contributed by atoms with Crippen LogP contribution in [-0.4, -0.2) is 29.1 Å². The number of carbonyl (C=O) groups is 1. The van der Waals surface area contributed by atoms with E-state index in [2.05, 4.69) is 10.3 Å². The van der Waals surface area contributed by atoms with E-state index in [-0.39, 0.29) is 17.9 Å². The minimum Gasteiger partial charge on any atom is -0.396 e. The lowest BCUT2D eigenvalue weighted by Gasteiger charge is -2.13. The molecule has 1 aromatic heterocycles. The summed E-state index contributed by atoms with van der Waals surface area (Å²) in [6.45, 7) is 0.673. The Labute approximate surface area is 111 Å². The van der Waals surface area contributed by atoms with Crippen molar-refractivity contribution in [3.8, 4) is 0 Å². The van der Waals surface area contributed by atoms with Crippen LogP contribution < -0.4 is 5.32 Å². The van der Waals surface area contributed by atoms with Gasteiger partial charge in [-0.15, -0.1) is 0 Å². The molecule has 4 nitrogen and oxygen atoms in total. The highest BCUT2D eigenvalue weighted by molar-refractivity contribution is 6.05. The average Bonchev–Trinajstić information content (AvgIpc) is 3.25. The summed E-state index contributed by atoms with van der Waals surface area (Å²) in [7, 11) is 0. The van der Waals surface area contributed by atoms with Crippen LogP contribution >= 0.6 is 0 Å². The van der Waals surface area contributed by atoms with Crippen molar-refractivity contribution in [3.05, 3.63) is 42.1 Å². The lowest BCUT2D eigenvalue weighted by Crippen LogP contribution is -2.32. The van der Waals surface area contributed by atoms with E-state index >= 15 is 0 Å². The third kappa shape index (κ3) is 2.31. The Morgan fingerprint density at radius 2 is 2.11 bits per heavy atom. The molecular weight excluding hydrogens is 240 g/mol. The Kier molecular flexibility index (Phi) is 2.95. The number of benzene rings is 1. The third-order valence-corrected chi connectivity index (χ3v) is 3.79. The van der Waals surface area contributed by atoms with Gasteiger partial charge in [0.15, 0.2) is 0 Å². The van der Waals surface area contributed by atoms with Gasteiger partial charge in [0.25, 0.3) is 5.91 Å². The molecule has 3 rings (SSSR count). The molecule has 1 aliphatic carbocycles. The number of aliphatic hydroxyl groups is 1. The highest BCUT2D eigenvalue weighted by Gasteiger charge is 2.42. The molecule has 0 aliphatic heterocycles. The quantitative estimate of drug-likeness (QED) is 0.875. The topological polar surface area (TPSA) is 62.2 Å². The number of pyridine rings is 1. The van der Waals surface area contributed by atoms with E-state index in [0.29, 0.717) is 12.1 Å². The van der Waals surface area contributed by atoms with Crippen molar-refractivity contribution in [3.63, 3.8) is 0 Å². The normalized spacial score (nSPS) is 16.3. The van der Waals surface area contributed by atoms with Gasteiger partial charge < -0.3 is 10.4 Å². The van der Waals surface area contributed by atoms with Gasteiger partial charge in [0.1, 0.15) is 0 Å². The number of para-hydroxylation sites is 1. The van der Waals surface area contributed by atoms with Gasteiger partial charge in [-0.25, -0.2) is 0 Å². The maximum Gasteiger partial charge on any atom is 0.253 e. The van der Waals surface area contributed by atoms with Crippen LogP contribution in [0.25, 0.3) is 10.9 Å². The highest BCUT2D eigenvalue weighted by Crippen LogP contribution is 2.44. The molecule has 1 fully saturated rings. The van der Waals surface area contributed by atoms with E-state index in [1.54, 1.807) is 12.3 Å². The second-order valence-corrected chi connectivity index (χ2v) is 5.22. The van der Waals surface area contributed by atoms with Crippen molar-refractivity contribution in [2.75, 3.05) is 13.2 Å². The minimum atomic E-state index is -0.121. The summed E-state index contributed by atoms with van der Waals surface area (Å²) in [5.41, 5.74) is 1.23. The number of rotatable bonds is 4. The summed E-state index contributed by atoms with van der Waals surface area (Å²) >= 11 is 0. The number of aliphatic hydroxyl groups excluding tert-OH is 1. The smallest absolute Gasteiger partial charge is 0.253 e. The van der Waals surface area contributed by atoms with Crippen LogP contribution in [0.3, 0.4) is 0 Å². The first-order valence-electron chi connectivity index (χ1n) is 6.47. The zero-order chi connectivity index (χ0) is 13.3. The van der Waals surface area contributed by atoms with Crippen molar-refractivity contribution in [1.29, 1.82) is 0 Å². The molecule has 19 heavy (non-hydrogen) atoms. The largest absolute Gasteiger partial charge is 0.396 e. The zero-order valence-electron chi connectivity index (χ0n) is 10.6. The Morgan fingerprint density at radius 3 is 2.84 bits per heavy atom. The summed E-state index contributed by atoms with van der Waals surface area (Å²) < 4.78 is 0. The molecule has 0 bridgehead atoms. The maximum absolute atomic E-state index is 12.2. The number of nitrogens with zero attached hydrogens (tertiary/aromatic N) is 1. The molecule has 98 valence electrons. The van der Waals surface area contributed by atoms with Crippen molar-refractivity contribution < 1.29 is 9.90 Å². The lowest BCUT2D eigenvalue weighted by atomic mass is 10.1. The second kappa shape index (κ2) is 4.63. The summed E-state index contributed by atoms with van der Waals surface area (Å²) in [6, 6.07) is 9.38. The van der Waals surface area contributed by atoms with Crippen LogP contribution in [-0.2, 0) is 0 Å². The standard InChI is InChI=1S/C15H16N2O2/c18-10-15(6-7-15)9-17-14(19)12-5-1-3-11-4-2-8-16-13(11)12/h1-5,8,18H,6-7,9-10H2,(H,17,19). The Hall–Kier alpha value is -1.94. The fourth-order valence-electron chi connectivity index (χ4n) is 2.22. The predicted octanol–water partition coefficient (Wildman–Crippen LogP) is 1.74. The number of carbonyl (C=O) groups excluding carboxylic acids is 1. The van der Waals surface area contributed by atoms with E-state index in [0.717, 1.165) is 23.7 Å². The molecule has 2 N–H and O–H groups in total. The van der Waals surface area contributed by atoms with E-state index in [1.807, 2.05) is 24.3 Å². The van der Waals surface area contributed by atoms with E-state index in [4.69, 9.17) is 0 Å². The van der Waals surface area contributed by atoms with Crippen LogP contribution in [0.1, 0.15) is 23.2 Å². The molecule has 1 aliphatic rings. The number of fused-ring (bicyclic) bond motifs is 1. The van der Waals surface area contributed by atoms with E-state index in [9.17, 15) is 9.90 Å². The SMILES string of the molecule is O=C(NCC1(CO)CC1)c1cccc2cccnc12. The third-order valence-electron chi connectivity index (χ3n) is 3.79. The molecular formula is C15H16N2O2. The first kappa shape index (κ1) is 12.1. The number of amides is 1. The second-order valence-electron chi connectivity index (χ2n) is 5.22. The van der Waals surface area contributed by atoms with Gasteiger partial charge in [0.2, 0.25) is 0 Å². The summed E-state index contributed by atoms with van der Waals surface area (Å²) in [4.78, 5) is 16.5. The molecule has 2 aromatic rings. The number of hydrogen-bond donors (Lipinski definition) is 2. The van der Waals surface area contributed by atoms with Gasteiger partial charge in [-0.05, 0) is 25.0 Å². The molecule has 1 aromatic carbocycles. The average molecular weight is 256 g/mol. The van der Waals surface area contributed by atoms with Crippen molar-refractivity contribution >= 4 is 16.8 Å². The van der Waals surface area contributed by atoms with E-state index in [1.165, 1.54) is 0 Å². The molecule has 1 heterocycles. The maximum atomic E-state index is 12.2. The van der Waals surface area contributed by atoms with Gasteiger partial charge in [-0.1, -0.05) is 18.2 Å². The van der Waals surface area contributed by atoms with Crippen molar-refractivity contribution in [2.45, 2.75) is 12.8 Å².